The van der Waals surface area contributed by atoms with Crippen molar-refractivity contribution in [1.29, 1.82) is 0 Å². The number of hydrogen-bond donors (Lipinski definition) is 0. The van der Waals surface area contributed by atoms with Gasteiger partial charge in [0.1, 0.15) is 6.10 Å². The molecule has 2 heteroatoms. The molecule has 0 saturated carbocycles. The van der Waals surface area contributed by atoms with Crippen LogP contribution in [-0.2, 0) is 9.53 Å². The van der Waals surface area contributed by atoms with Crippen molar-refractivity contribution in [3.8, 4) is 0 Å². The zero-order chi connectivity index (χ0) is 16.5. The summed E-state index contributed by atoms with van der Waals surface area (Å²) < 4.78 is 5.71. The monoisotopic (exact) mass is 312 g/mol. The van der Waals surface area contributed by atoms with Gasteiger partial charge in [-0.25, -0.2) is 0 Å². The van der Waals surface area contributed by atoms with E-state index in [1.54, 1.807) is 0 Å². The number of hydrogen-bond acceptors (Lipinski definition) is 2. The minimum atomic E-state index is 0.0255. The van der Waals surface area contributed by atoms with Gasteiger partial charge in [0.25, 0.3) is 0 Å². The highest BCUT2D eigenvalue weighted by molar-refractivity contribution is 5.69. The molecule has 0 bridgehead atoms. The first-order valence-corrected chi connectivity index (χ1v) is 9.94. The summed E-state index contributed by atoms with van der Waals surface area (Å²) in [4.78, 5) is 11.9. The standard InChI is InChI=1S/C20H40O2/c1-4-7-10-11-12-13-15-17-19(16-9-6-3)22-20(21)18-14-8-5-2/h19H,4-18H2,1-3H3. The molecule has 0 spiro atoms. The second-order valence-electron chi connectivity index (χ2n) is 6.62. The lowest BCUT2D eigenvalue weighted by Crippen LogP contribution is -2.18. The van der Waals surface area contributed by atoms with Crippen LogP contribution < -0.4 is 0 Å². The topological polar surface area (TPSA) is 26.3 Å². The second-order valence-corrected chi connectivity index (χ2v) is 6.62. The van der Waals surface area contributed by atoms with Gasteiger partial charge in [0.15, 0.2) is 0 Å². The lowest BCUT2D eigenvalue weighted by Gasteiger charge is -2.18. The molecular formula is C20H40O2. The Morgan fingerprint density at radius 2 is 1.18 bits per heavy atom. The smallest absolute Gasteiger partial charge is 0.306 e. The second kappa shape index (κ2) is 16.8. The maximum atomic E-state index is 11.9. The average Bonchev–Trinajstić information content (AvgIpc) is 2.51. The van der Waals surface area contributed by atoms with Gasteiger partial charge in [0, 0.05) is 6.42 Å². The average molecular weight is 313 g/mol. The van der Waals surface area contributed by atoms with Crippen molar-refractivity contribution in [3.63, 3.8) is 0 Å². The summed E-state index contributed by atoms with van der Waals surface area (Å²) in [5.41, 5.74) is 0. The molecule has 0 aliphatic rings. The molecule has 22 heavy (non-hydrogen) atoms. The zero-order valence-corrected chi connectivity index (χ0v) is 15.5. The Kier molecular flexibility index (Phi) is 16.4. The maximum absolute atomic E-state index is 11.9. The van der Waals surface area contributed by atoms with Crippen molar-refractivity contribution < 1.29 is 9.53 Å². The van der Waals surface area contributed by atoms with E-state index in [9.17, 15) is 4.79 Å². The van der Waals surface area contributed by atoms with Gasteiger partial charge in [-0.15, -0.1) is 0 Å². The van der Waals surface area contributed by atoms with E-state index in [4.69, 9.17) is 4.74 Å². The SMILES string of the molecule is CCCCCCCCCC(CCCC)OC(=O)CCCCC. The minimum Gasteiger partial charge on any atom is -0.462 e. The van der Waals surface area contributed by atoms with Gasteiger partial charge < -0.3 is 4.74 Å². The predicted molar refractivity (Wildman–Crippen MR) is 96.2 cm³/mol. The lowest BCUT2D eigenvalue weighted by molar-refractivity contribution is -0.150. The fraction of sp³-hybridized carbons (Fsp3) is 0.950. The van der Waals surface area contributed by atoms with Gasteiger partial charge in [-0.05, 0) is 25.7 Å². The summed E-state index contributed by atoms with van der Waals surface area (Å²) >= 11 is 0. The van der Waals surface area contributed by atoms with E-state index in [2.05, 4.69) is 20.8 Å². The van der Waals surface area contributed by atoms with E-state index in [0.29, 0.717) is 6.42 Å². The van der Waals surface area contributed by atoms with Crippen molar-refractivity contribution in [1.82, 2.24) is 0 Å². The predicted octanol–water partition coefficient (Wildman–Crippen LogP) is 6.81. The van der Waals surface area contributed by atoms with Gasteiger partial charge in [0.2, 0.25) is 0 Å². The van der Waals surface area contributed by atoms with Crippen LogP contribution in [0.1, 0.15) is 117 Å². The van der Waals surface area contributed by atoms with E-state index in [-0.39, 0.29) is 12.1 Å². The quantitative estimate of drug-likeness (QED) is 0.231. The van der Waals surface area contributed by atoms with Crippen molar-refractivity contribution in [2.24, 2.45) is 0 Å². The molecule has 1 atom stereocenters. The van der Waals surface area contributed by atoms with Crippen LogP contribution in [0, 0.1) is 0 Å². The molecule has 0 aromatic heterocycles. The largest absolute Gasteiger partial charge is 0.462 e. The van der Waals surface area contributed by atoms with E-state index in [1.165, 1.54) is 57.8 Å². The van der Waals surface area contributed by atoms with Gasteiger partial charge >= 0.3 is 5.97 Å². The Labute approximate surface area is 139 Å². The Hall–Kier alpha value is -0.530. The van der Waals surface area contributed by atoms with Crippen LogP contribution in [-0.4, -0.2) is 12.1 Å². The third-order valence-electron chi connectivity index (χ3n) is 4.29. The third-order valence-corrected chi connectivity index (χ3v) is 4.29. The Morgan fingerprint density at radius 1 is 0.682 bits per heavy atom. The summed E-state index contributed by atoms with van der Waals surface area (Å²) in [6.45, 7) is 6.62. The Balaban J connectivity index is 3.79. The molecule has 132 valence electrons. The first-order valence-electron chi connectivity index (χ1n) is 9.94. The molecule has 0 saturated heterocycles. The fourth-order valence-electron chi connectivity index (χ4n) is 2.79. The highest BCUT2D eigenvalue weighted by Gasteiger charge is 2.13. The molecule has 2 nitrogen and oxygen atoms in total. The molecule has 0 radical (unpaired) electrons. The van der Waals surface area contributed by atoms with Crippen LogP contribution in [0.5, 0.6) is 0 Å². The molecule has 0 fully saturated rings. The lowest BCUT2D eigenvalue weighted by atomic mass is 10.0. The van der Waals surface area contributed by atoms with Crippen molar-refractivity contribution in [2.45, 2.75) is 123 Å². The van der Waals surface area contributed by atoms with E-state index in [0.717, 1.165) is 32.1 Å². The molecule has 0 aliphatic carbocycles. The van der Waals surface area contributed by atoms with Crippen molar-refractivity contribution >= 4 is 5.97 Å². The van der Waals surface area contributed by atoms with Crippen LogP contribution in [0.2, 0.25) is 0 Å². The Bertz CT molecular complexity index is 238. The van der Waals surface area contributed by atoms with Gasteiger partial charge in [-0.2, -0.15) is 0 Å². The van der Waals surface area contributed by atoms with Gasteiger partial charge in [0.05, 0.1) is 0 Å². The van der Waals surface area contributed by atoms with E-state index < -0.39 is 0 Å². The van der Waals surface area contributed by atoms with Crippen LogP contribution in [0.25, 0.3) is 0 Å². The molecule has 0 N–H and O–H groups in total. The molecule has 0 heterocycles. The highest BCUT2D eigenvalue weighted by Crippen LogP contribution is 2.16. The summed E-state index contributed by atoms with van der Waals surface area (Å²) in [6.07, 6.45) is 17.8. The first-order chi connectivity index (χ1) is 10.7. The third kappa shape index (κ3) is 14.4. The van der Waals surface area contributed by atoms with Crippen LogP contribution in [0.3, 0.4) is 0 Å². The number of unbranched alkanes of at least 4 members (excludes halogenated alkanes) is 9. The van der Waals surface area contributed by atoms with Gasteiger partial charge in [-0.1, -0.05) is 85.0 Å². The number of rotatable bonds is 16. The molecular weight excluding hydrogens is 272 g/mol. The summed E-state index contributed by atoms with van der Waals surface area (Å²) in [7, 11) is 0. The fourth-order valence-corrected chi connectivity index (χ4v) is 2.79. The van der Waals surface area contributed by atoms with Crippen molar-refractivity contribution in [2.75, 3.05) is 0 Å². The van der Waals surface area contributed by atoms with Gasteiger partial charge in [-0.3, -0.25) is 4.79 Å². The van der Waals surface area contributed by atoms with E-state index >= 15 is 0 Å². The zero-order valence-electron chi connectivity index (χ0n) is 15.5. The summed E-state index contributed by atoms with van der Waals surface area (Å²) in [5, 5.41) is 0. The first kappa shape index (κ1) is 21.5. The number of esters is 1. The molecule has 0 amide bonds. The number of carbonyl (C=O) groups is 1. The van der Waals surface area contributed by atoms with E-state index in [1.807, 2.05) is 0 Å². The number of ether oxygens (including phenoxy) is 1. The van der Waals surface area contributed by atoms with Crippen molar-refractivity contribution in [3.05, 3.63) is 0 Å². The summed E-state index contributed by atoms with van der Waals surface area (Å²) in [6, 6.07) is 0. The summed E-state index contributed by atoms with van der Waals surface area (Å²) in [5.74, 6) is 0.0255. The molecule has 0 aromatic carbocycles. The molecule has 0 aromatic rings. The Morgan fingerprint density at radius 3 is 1.82 bits per heavy atom. The molecule has 0 aliphatic heterocycles. The van der Waals surface area contributed by atoms with Crippen LogP contribution in [0.4, 0.5) is 0 Å². The number of carbonyl (C=O) groups excluding carboxylic acids is 1. The maximum Gasteiger partial charge on any atom is 0.306 e. The van der Waals surface area contributed by atoms with Crippen LogP contribution in [0.15, 0.2) is 0 Å². The molecule has 0 rings (SSSR count). The normalized spacial score (nSPS) is 12.3. The minimum absolute atomic E-state index is 0.0255. The van der Waals surface area contributed by atoms with Crippen LogP contribution >= 0.6 is 0 Å². The highest BCUT2D eigenvalue weighted by atomic mass is 16.5. The molecule has 1 unspecified atom stereocenters.